The highest BCUT2D eigenvalue weighted by Gasteiger charge is 2.35. The van der Waals surface area contributed by atoms with Crippen LogP contribution in [0, 0.1) is 0 Å². The molecule has 0 amide bonds. The molecule has 0 bridgehead atoms. The number of halogens is 1. The molecule has 1 saturated heterocycles. The minimum Gasteiger partial charge on any atom is -0.481 e. The number of carbonyl (C=O) groups is 1. The third-order valence-corrected chi connectivity index (χ3v) is 2.35. The zero-order valence-electron chi connectivity index (χ0n) is 8.33. The van der Waals surface area contributed by atoms with Gasteiger partial charge in [0.2, 0.25) is 0 Å². The molecule has 0 aromatic rings. The maximum Gasteiger partial charge on any atom is 0.305 e. The third-order valence-electron chi connectivity index (χ3n) is 2.00. The number of ether oxygens (including phenoxy) is 2. The molecular weight excluding hydrogens is 208 g/mol. The topological polar surface area (TPSA) is 55.8 Å². The van der Waals surface area contributed by atoms with Crippen LogP contribution in [0.3, 0.4) is 0 Å². The molecule has 1 fully saturated rings. The molecule has 1 aliphatic rings. The van der Waals surface area contributed by atoms with Crippen molar-refractivity contribution in [3.05, 3.63) is 0 Å². The van der Waals surface area contributed by atoms with Crippen LogP contribution in [0.2, 0.25) is 0 Å². The fourth-order valence-corrected chi connectivity index (χ4v) is 1.82. The van der Waals surface area contributed by atoms with Crippen molar-refractivity contribution in [1.82, 2.24) is 0 Å². The standard InChI is InChI=1S/C9H15ClO4/c1-9(2)13-6(4-8(11)12)3-7(5-10)14-9/h6-7H,3-5H2,1-2H3,(H,11,12)/t6-,7+/m0/s1. The van der Waals surface area contributed by atoms with Crippen molar-refractivity contribution >= 4 is 17.6 Å². The fourth-order valence-electron chi connectivity index (χ4n) is 1.63. The number of carboxylic acids is 1. The minimum absolute atomic E-state index is 0.000177. The number of aliphatic carboxylic acids is 1. The molecule has 0 radical (unpaired) electrons. The molecule has 14 heavy (non-hydrogen) atoms. The lowest BCUT2D eigenvalue weighted by molar-refractivity contribution is -0.295. The lowest BCUT2D eigenvalue weighted by Gasteiger charge is -2.39. The van der Waals surface area contributed by atoms with Gasteiger partial charge >= 0.3 is 5.97 Å². The zero-order chi connectivity index (χ0) is 10.8. The first-order valence-corrected chi connectivity index (χ1v) is 5.10. The second-order valence-electron chi connectivity index (χ2n) is 3.87. The Hall–Kier alpha value is -0.320. The molecule has 1 rings (SSSR count). The van der Waals surface area contributed by atoms with Crippen LogP contribution in [-0.4, -0.2) is 35.0 Å². The first kappa shape index (κ1) is 11.8. The SMILES string of the molecule is CC1(C)O[C@H](CC(=O)O)C[C@H](CCl)O1. The summed E-state index contributed by atoms with van der Waals surface area (Å²) in [5, 5.41) is 8.64. The van der Waals surface area contributed by atoms with Crippen molar-refractivity contribution in [2.75, 3.05) is 5.88 Å². The first-order chi connectivity index (χ1) is 6.43. The molecular formula is C9H15ClO4. The molecule has 4 nitrogen and oxygen atoms in total. The summed E-state index contributed by atoms with van der Waals surface area (Å²) in [7, 11) is 0. The summed E-state index contributed by atoms with van der Waals surface area (Å²) in [5.74, 6) is -1.23. The van der Waals surface area contributed by atoms with Gasteiger partial charge in [-0.25, -0.2) is 0 Å². The lowest BCUT2D eigenvalue weighted by Crippen LogP contribution is -2.45. The van der Waals surface area contributed by atoms with Crippen molar-refractivity contribution in [1.29, 1.82) is 0 Å². The molecule has 1 heterocycles. The Morgan fingerprint density at radius 1 is 1.50 bits per heavy atom. The van der Waals surface area contributed by atoms with Gasteiger partial charge in [-0.1, -0.05) is 0 Å². The van der Waals surface area contributed by atoms with Gasteiger partial charge in [-0.15, -0.1) is 11.6 Å². The van der Waals surface area contributed by atoms with E-state index in [2.05, 4.69) is 0 Å². The van der Waals surface area contributed by atoms with Crippen LogP contribution in [0.15, 0.2) is 0 Å². The fraction of sp³-hybridized carbons (Fsp3) is 0.889. The summed E-state index contributed by atoms with van der Waals surface area (Å²) in [6.07, 6.45) is 0.115. The van der Waals surface area contributed by atoms with E-state index in [1.54, 1.807) is 13.8 Å². The number of hydrogen-bond acceptors (Lipinski definition) is 3. The van der Waals surface area contributed by atoms with E-state index in [-0.39, 0.29) is 18.6 Å². The second kappa shape index (κ2) is 4.47. The van der Waals surface area contributed by atoms with E-state index in [0.717, 1.165) is 0 Å². The van der Waals surface area contributed by atoms with E-state index in [0.29, 0.717) is 12.3 Å². The van der Waals surface area contributed by atoms with Crippen molar-refractivity contribution < 1.29 is 19.4 Å². The number of carboxylic acid groups (broad SMARTS) is 1. The van der Waals surface area contributed by atoms with Crippen LogP contribution in [0.5, 0.6) is 0 Å². The van der Waals surface area contributed by atoms with Crippen molar-refractivity contribution in [3.63, 3.8) is 0 Å². The zero-order valence-corrected chi connectivity index (χ0v) is 9.08. The third kappa shape index (κ3) is 3.44. The predicted octanol–water partition coefficient (Wildman–Crippen LogP) is 1.61. The molecule has 2 atom stereocenters. The monoisotopic (exact) mass is 222 g/mol. The van der Waals surface area contributed by atoms with Gasteiger partial charge in [0, 0.05) is 12.3 Å². The van der Waals surface area contributed by atoms with Crippen LogP contribution >= 0.6 is 11.6 Å². The molecule has 0 aliphatic carbocycles. The van der Waals surface area contributed by atoms with Gasteiger partial charge in [-0.2, -0.15) is 0 Å². The summed E-state index contributed by atoms with van der Waals surface area (Å²) in [6.45, 7) is 3.53. The number of alkyl halides is 1. The predicted molar refractivity (Wildman–Crippen MR) is 51.4 cm³/mol. The van der Waals surface area contributed by atoms with Crippen LogP contribution in [-0.2, 0) is 14.3 Å². The van der Waals surface area contributed by atoms with E-state index in [4.69, 9.17) is 26.2 Å². The molecule has 5 heteroatoms. The van der Waals surface area contributed by atoms with Gasteiger partial charge in [0.1, 0.15) is 0 Å². The molecule has 1 aliphatic heterocycles. The van der Waals surface area contributed by atoms with E-state index >= 15 is 0 Å². The van der Waals surface area contributed by atoms with Gasteiger partial charge in [0.25, 0.3) is 0 Å². The Bertz CT molecular complexity index is 217. The van der Waals surface area contributed by atoms with Gasteiger partial charge in [0.05, 0.1) is 18.6 Å². The van der Waals surface area contributed by atoms with E-state index in [1.165, 1.54) is 0 Å². The number of hydrogen-bond donors (Lipinski definition) is 1. The summed E-state index contributed by atoms with van der Waals surface area (Å²) < 4.78 is 10.9. The Labute approximate surface area is 88.1 Å². The van der Waals surface area contributed by atoms with E-state index in [9.17, 15) is 4.79 Å². The molecule has 0 spiro atoms. The number of rotatable bonds is 3. The van der Waals surface area contributed by atoms with Crippen molar-refractivity contribution in [3.8, 4) is 0 Å². The Morgan fingerprint density at radius 3 is 2.57 bits per heavy atom. The van der Waals surface area contributed by atoms with E-state index < -0.39 is 11.8 Å². The summed E-state index contributed by atoms with van der Waals surface area (Å²) in [4.78, 5) is 10.5. The van der Waals surface area contributed by atoms with Crippen molar-refractivity contribution in [2.45, 2.75) is 44.7 Å². The summed E-state index contributed by atoms with van der Waals surface area (Å²) >= 11 is 5.68. The lowest BCUT2D eigenvalue weighted by atomic mass is 10.1. The average Bonchev–Trinajstić information content (AvgIpc) is 1.99. The highest BCUT2D eigenvalue weighted by molar-refractivity contribution is 6.18. The van der Waals surface area contributed by atoms with Crippen LogP contribution in [0.1, 0.15) is 26.7 Å². The molecule has 82 valence electrons. The van der Waals surface area contributed by atoms with Gasteiger partial charge in [0.15, 0.2) is 5.79 Å². The molecule has 1 N–H and O–H groups in total. The maximum atomic E-state index is 10.5. The minimum atomic E-state index is -0.860. The summed E-state index contributed by atoms with van der Waals surface area (Å²) in [5.41, 5.74) is 0. The maximum absolute atomic E-state index is 10.5. The highest BCUT2D eigenvalue weighted by Crippen LogP contribution is 2.28. The smallest absolute Gasteiger partial charge is 0.305 e. The highest BCUT2D eigenvalue weighted by atomic mass is 35.5. The normalized spacial score (nSPS) is 31.4. The van der Waals surface area contributed by atoms with Gasteiger partial charge < -0.3 is 14.6 Å². The van der Waals surface area contributed by atoms with E-state index in [1.807, 2.05) is 0 Å². The van der Waals surface area contributed by atoms with Crippen LogP contribution in [0.4, 0.5) is 0 Å². The van der Waals surface area contributed by atoms with Crippen molar-refractivity contribution in [2.24, 2.45) is 0 Å². The Morgan fingerprint density at radius 2 is 2.07 bits per heavy atom. The van der Waals surface area contributed by atoms with Crippen LogP contribution < -0.4 is 0 Å². The molecule has 0 unspecified atom stereocenters. The summed E-state index contributed by atoms with van der Waals surface area (Å²) in [6, 6.07) is 0. The first-order valence-electron chi connectivity index (χ1n) is 4.56. The average molecular weight is 223 g/mol. The largest absolute Gasteiger partial charge is 0.481 e. The van der Waals surface area contributed by atoms with Crippen LogP contribution in [0.25, 0.3) is 0 Å². The molecule has 0 aromatic carbocycles. The quantitative estimate of drug-likeness (QED) is 0.738. The Kier molecular flexibility index (Phi) is 3.75. The Balaban J connectivity index is 2.56. The molecule has 0 aromatic heterocycles. The van der Waals surface area contributed by atoms with Gasteiger partial charge in [-0.05, 0) is 13.8 Å². The second-order valence-corrected chi connectivity index (χ2v) is 4.18. The van der Waals surface area contributed by atoms with Gasteiger partial charge in [-0.3, -0.25) is 4.79 Å². The molecule has 0 saturated carbocycles.